The van der Waals surface area contributed by atoms with Gasteiger partial charge in [-0.15, -0.1) is 6.42 Å². The number of hydrogen-bond acceptors (Lipinski definition) is 1. The monoisotopic (exact) mass is 173 g/mol. The molecule has 2 nitrogen and oxygen atoms in total. The van der Waals surface area contributed by atoms with Crippen molar-refractivity contribution in [3.8, 4) is 12.3 Å². The van der Waals surface area contributed by atoms with E-state index in [1.54, 1.807) is 19.1 Å². The number of carbonyl (C=O) groups is 1. The molecule has 0 bridgehead atoms. The number of hydrogen-bond donors (Lipinski definition) is 1. The van der Waals surface area contributed by atoms with Crippen molar-refractivity contribution in [3.05, 3.63) is 35.9 Å². The van der Waals surface area contributed by atoms with Gasteiger partial charge < -0.3 is 5.32 Å². The van der Waals surface area contributed by atoms with E-state index in [1.807, 2.05) is 18.2 Å². The van der Waals surface area contributed by atoms with Crippen LogP contribution in [0.15, 0.2) is 30.3 Å². The highest BCUT2D eigenvalue weighted by Crippen LogP contribution is 1.98. The maximum atomic E-state index is 11.4. The minimum absolute atomic E-state index is 0.133. The average molecular weight is 173 g/mol. The third kappa shape index (κ3) is 2.64. The van der Waals surface area contributed by atoms with Gasteiger partial charge in [-0.25, -0.2) is 0 Å². The predicted octanol–water partition coefficient (Wildman–Crippen LogP) is 1.44. The zero-order chi connectivity index (χ0) is 9.68. The van der Waals surface area contributed by atoms with Gasteiger partial charge in [0.05, 0.1) is 6.04 Å². The molecule has 0 saturated carbocycles. The van der Waals surface area contributed by atoms with Crippen molar-refractivity contribution in [2.45, 2.75) is 13.0 Å². The molecule has 0 fully saturated rings. The lowest BCUT2D eigenvalue weighted by Crippen LogP contribution is -2.31. The minimum atomic E-state index is -0.229. The van der Waals surface area contributed by atoms with E-state index >= 15 is 0 Å². The highest BCUT2D eigenvalue weighted by molar-refractivity contribution is 5.94. The molecule has 1 amide bonds. The van der Waals surface area contributed by atoms with Gasteiger partial charge in [0.2, 0.25) is 0 Å². The Morgan fingerprint density at radius 2 is 2.08 bits per heavy atom. The summed E-state index contributed by atoms with van der Waals surface area (Å²) in [5, 5.41) is 2.67. The summed E-state index contributed by atoms with van der Waals surface area (Å²) >= 11 is 0. The van der Waals surface area contributed by atoms with Crippen LogP contribution in [0.2, 0.25) is 0 Å². The molecule has 13 heavy (non-hydrogen) atoms. The Balaban J connectivity index is 2.66. The largest absolute Gasteiger partial charge is 0.339 e. The molecule has 1 aromatic carbocycles. The van der Waals surface area contributed by atoms with Crippen LogP contribution in [0.5, 0.6) is 0 Å². The Morgan fingerprint density at radius 3 is 2.62 bits per heavy atom. The number of carbonyl (C=O) groups excluding carboxylic acids is 1. The fraction of sp³-hybridized carbons (Fsp3) is 0.182. The summed E-state index contributed by atoms with van der Waals surface area (Å²) < 4.78 is 0. The molecule has 0 aliphatic heterocycles. The molecule has 1 aromatic rings. The van der Waals surface area contributed by atoms with E-state index in [0.717, 1.165) is 0 Å². The van der Waals surface area contributed by atoms with Gasteiger partial charge in [-0.2, -0.15) is 0 Å². The molecule has 0 spiro atoms. The van der Waals surface area contributed by atoms with E-state index in [4.69, 9.17) is 6.42 Å². The van der Waals surface area contributed by atoms with Crippen molar-refractivity contribution >= 4 is 5.91 Å². The van der Waals surface area contributed by atoms with Crippen LogP contribution in [0, 0.1) is 12.3 Å². The molecule has 1 rings (SSSR count). The van der Waals surface area contributed by atoms with Gasteiger partial charge >= 0.3 is 0 Å². The maximum absolute atomic E-state index is 11.4. The Kier molecular flexibility index (Phi) is 3.10. The summed E-state index contributed by atoms with van der Waals surface area (Å²) in [5.74, 6) is 2.30. The highest BCUT2D eigenvalue weighted by Gasteiger charge is 2.05. The van der Waals surface area contributed by atoms with Crippen LogP contribution in [0.3, 0.4) is 0 Å². The van der Waals surface area contributed by atoms with Gasteiger partial charge in [-0.3, -0.25) is 4.79 Å². The molecule has 0 aliphatic carbocycles. The second kappa shape index (κ2) is 4.32. The molecular weight excluding hydrogens is 162 g/mol. The second-order valence-corrected chi connectivity index (χ2v) is 2.73. The number of benzene rings is 1. The first-order chi connectivity index (χ1) is 6.24. The standard InChI is InChI=1S/C11H11NO/c1-3-9(2)12-11(13)10-7-5-4-6-8-10/h1,4-9H,2H3,(H,12,13). The van der Waals surface area contributed by atoms with Crippen LogP contribution in [0.1, 0.15) is 17.3 Å². The fourth-order valence-corrected chi connectivity index (χ4v) is 0.911. The van der Waals surface area contributed by atoms with Crippen molar-refractivity contribution in [2.24, 2.45) is 0 Å². The molecular formula is C11H11NO. The summed E-state index contributed by atoms with van der Waals surface area (Å²) in [7, 11) is 0. The minimum Gasteiger partial charge on any atom is -0.339 e. The Morgan fingerprint density at radius 1 is 1.46 bits per heavy atom. The van der Waals surface area contributed by atoms with E-state index in [1.165, 1.54) is 0 Å². The van der Waals surface area contributed by atoms with Crippen molar-refractivity contribution in [2.75, 3.05) is 0 Å². The molecule has 1 N–H and O–H groups in total. The molecule has 0 radical (unpaired) electrons. The number of nitrogens with one attached hydrogen (secondary N) is 1. The third-order valence-electron chi connectivity index (χ3n) is 1.63. The lowest BCUT2D eigenvalue weighted by atomic mass is 10.2. The smallest absolute Gasteiger partial charge is 0.252 e. The summed E-state index contributed by atoms with van der Waals surface area (Å²) in [6, 6.07) is 8.76. The van der Waals surface area contributed by atoms with Gasteiger partial charge in [0.25, 0.3) is 5.91 Å². The first kappa shape index (κ1) is 9.34. The Hall–Kier alpha value is -1.75. The van der Waals surface area contributed by atoms with Gasteiger partial charge in [0, 0.05) is 5.56 Å². The van der Waals surface area contributed by atoms with E-state index in [2.05, 4.69) is 11.2 Å². The van der Waals surface area contributed by atoms with Crippen LogP contribution in [0.4, 0.5) is 0 Å². The van der Waals surface area contributed by atoms with Crippen LogP contribution in [-0.4, -0.2) is 11.9 Å². The fourth-order valence-electron chi connectivity index (χ4n) is 0.911. The molecule has 0 aliphatic rings. The molecule has 1 atom stereocenters. The first-order valence-electron chi connectivity index (χ1n) is 4.06. The third-order valence-corrected chi connectivity index (χ3v) is 1.63. The van der Waals surface area contributed by atoms with Gasteiger partial charge in [-0.1, -0.05) is 24.1 Å². The molecule has 0 heterocycles. The summed E-state index contributed by atoms with van der Waals surface area (Å²) in [6.45, 7) is 1.76. The molecule has 0 saturated heterocycles. The molecule has 2 heteroatoms. The van der Waals surface area contributed by atoms with Crippen molar-refractivity contribution in [1.82, 2.24) is 5.32 Å². The van der Waals surface area contributed by atoms with Crippen LogP contribution in [0.25, 0.3) is 0 Å². The average Bonchev–Trinajstić information content (AvgIpc) is 2.19. The Bertz CT molecular complexity index is 324. The normalized spacial score (nSPS) is 11.4. The molecule has 66 valence electrons. The van der Waals surface area contributed by atoms with Gasteiger partial charge in [-0.05, 0) is 19.1 Å². The van der Waals surface area contributed by atoms with E-state index in [9.17, 15) is 4.79 Å². The van der Waals surface area contributed by atoms with Gasteiger partial charge in [0.15, 0.2) is 0 Å². The van der Waals surface area contributed by atoms with E-state index in [0.29, 0.717) is 5.56 Å². The Labute approximate surface area is 78.0 Å². The van der Waals surface area contributed by atoms with Crippen LogP contribution >= 0.6 is 0 Å². The maximum Gasteiger partial charge on any atom is 0.252 e. The second-order valence-electron chi connectivity index (χ2n) is 2.73. The summed E-state index contributed by atoms with van der Waals surface area (Å²) in [6.07, 6.45) is 5.13. The lowest BCUT2D eigenvalue weighted by molar-refractivity contribution is 0.0948. The number of amides is 1. The SMILES string of the molecule is C#CC(C)NC(=O)c1ccccc1. The highest BCUT2D eigenvalue weighted by atomic mass is 16.1. The van der Waals surface area contributed by atoms with Gasteiger partial charge in [0.1, 0.15) is 0 Å². The molecule has 1 unspecified atom stereocenters. The quantitative estimate of drug-likeness (QED) is 0.673. The van der Waals surface area contributed by atoms with Crippen molar-refractivity contribution in [1.29, 1.82) is 0 Å². The lowest BCUT2D eigenvalue weighted by Gasteiger charge is -2.06. The zero-order valence-electron chi connectivity index (χ0n) is 7.45. The van der Waals surface area contributed by atoms with Crippen molar-refractivity contribution in [3.63, 3.8) is 0 Å². The summed E-state index contributed by atoms with van der Waals surface area (Å²) in [5.41, 5.74) is 0.629. The number of rotatable bonds is 2. The van der Waals surface area contributed by atoms with Crippen molar-refractivity contribution < 1.29 is 4.79 Å². The van der Waals surface area contributed by atoms with E-state index < -0.39 is 0 Å². The number of terminal acetylenes is 1. The summed E-state index contributed by atoms with van der Waals surface area (Å²) in [4.78, 5) is 11.4. The van der Waals surface area contributed by atoms with Crippen LogP contribution in [-0.2, 0) is 0 Å². The topological polar surface area (TPSA) is 29.1 Å². The predicted molar refractivity (Wildman–Crippen MR) is 52.2 cm³/mol. The van der Waals surface area contributed by atoms with Crippen LogP contribution < -0.4 is 5.32 Å². The van der Waals surface area contributed by atoms with E-state index in [-0.39, 0.29) is 11.9 Å². The first-order valence-corrected chi connectivity index (χ1v) is 4.06. The molecule has 0 aromatic heterocycles. The zero-order valence-corrected chi connectivity index (χ0v) is 7.45.